The number of benzene rings is 1. The lowest BCUT2D eigenvalue weighted by atomic mass is 10.1. The number of nitrogens with zero attached hydrogens (tertiary/aromatic N) is 2. The van der Waals surface area contributed by atoms with Gasteiger partial charge in [0, 0.05) is 25.8 Å². The Morgan fingerprint density at radius 1 is 1.05 bits per heavy atom. The minimum Gasteiger partial charge on any atom is -0.374 e. The van der Waals surface area contributed by atoms with Crippen LogP contribution < -0.4 is 10.2 Å². The zero-order chi connectivity index (χ0) is 15.0. The fourth-order valence-electron chi connectivity index (χ4n) is 2.27. The summed E-state index contributed by atoms with van der Waals surface area (Å²) in [5, 5.41) is 3.54. The van der Waals surface area contributed by atoms with Crippen LogP contribution in [-0.4, -0.2) is 45.7 Å². The molecule has 1 rings (SSSR count). The molecule has 0 amide bonds. The Morgan fingerprint density at radius 2 is 1.75 bits per heavy atom. The second-order valence-corrected chi connectivity index (χ2v) is 6.23. The second-order valence-electron chi connectivity index (χ2n) is 6.23. The third kappa shape index (κ3) is 6.40. The van der Waals surface area contributed by atoms with Crippen molar-refractivity contribution in [3.8, 4) is 0 Å². The summed E-state index contributed by atoms with van der Waals surface area (Å²) in [7, 11) is 6.45. The molecule has 0 saturated carbocycles. The van der Waals surface area contributed by atoms with Crippen LogP contribution in [0.3, 0.4) is 0 Å². The smallest absolute Gasteiger partial charge is 0.0409 e. The molecule has 20 heavy (non-hydrogen) atoms. The molecule has 0 aliphatic rings. The molecule has 0 spiro atoms. The standard InChI is InChI=1S/C17H31N3/c1-15(2)13-18-14-16-9-6-7-10-17(16)20(5)12-8-11-19(3)4/h6-7,9-10,15,18H,8,11-14H2,1-5H3. The average Bonchev–Trinajstić information content (AvgIpc) is 2.38. The van der Waals surface area contributed by atoms with Crippen LogP contribution in [0.1, 0.15) is 25.8 Å². The van der Waals surface area contributed by atoms with Crippen molar-refractivity contribution in [3.63, 3.8) is 0 Å². The highest BCUT2D eigenvalue weighted by Crippen LogP contribution is 2.19. The van der Waals surface area contributed by atoms with E-state index in [1.54, 1.807) is 0 Å². The molecule has 0 aromatic heterocycles. The van der Waals surface area contributed by atoms with Crippen LogP contribution in [0.25, 0.3) is 0 Å². The minimum absolute atomic E-state index is 0.694. The number of nitrogens with one attached hydrogen (secondary N) is 1. The summed E-state index contributed by atoms with van der Waals surface area (Å²) < 4.78 is 0. The van der Waals surface area contributed by atoms with Gasteiger partial charge in [0.05, 0.1) is 0 Å². The zero-order valence-electron chi connectivity index (χ0n) is 13.8. The summed E-state index contributed by atoms with van der Waals surface area (Å²) in [6.07, 6.45) is 1.19. The van der Waals surface area contributed by atoms with E-state index in [1.807, 2.05) is 0 Å². The Morgan fingerprint density at radius 3 is 2.40 bits per heavy atom. The lowest BCUT2D eigenvalue weighted by Gasteiger charge is -2.23. The van der Waals surface area contributed by atoms with Gasteiger partial charge in [-0.05, 0) is 51.2 Å². The Kier molecular flexibility index (Phi) is 7.63. The molecule has 0 aliphatic carbocycles. The van der Waals surface area contributed by atoms with Gasteiger partial charge >= 0.3 is 0 Å². The lowest BCUT2D eigenvalue weighted by Crippen LogP contribution is -2.25. The molecule has 0 bridgehead atoms. The van der Waals surface area contributed by atoms with Crippen LogP contribution in [0, 0.1) is 5.92 Å². The van der Waals surface area contributed by atoms with E-state index in [-0.39, 0.29) is 0 Å². The molecule has 0 aliphatic heterocycles. The summed E-state index contributed by atoms with van der Waals surface area (Å²) in [5.41, 5.74) is 2.74. The van der Waals surface area contributed by atoms with E-state index in [4.69, 9.17) is 0 Å². The van der Waals surface area contributed by atoms with Gasteiger partial charge < -0.3 is 15.1 Å². The summed E-state index contributed by atoms with van der Waals surface area (Å²) in [6.45, 7) is 8.74. The maximum atomic E-state index is 3.54. The monoisotopic (exact) mass is 277 g/mol. The maximum absolute atomic E-state index is 3.54. The van der Waals surface area contributed by atoms with E-state index >= 15 is 0 Å². The molecule has 0 heterocycles. The van der Waals surface area contributed by atoms with Gasteiger partial charge in [-0.1, -0.05) is 32.0 Å². The molecule has 3 nitrogen and oxygen atoms in total. The molecule has 3 heteroatoms. The van der Waals surface area contributed by atoms with Crippen molar-refractivity contribution in [1.82, 2.24) is 10.2 Å². The van der Waals surface area contributed by atoms with Crippen molar-refractivity contribution in [1.29, 1.82) is 0 Å². The molecule has 1 aromatic rings. The third-order valence-electron chi connectivity index (χ3n) is 3.37. The third-order valence-corrected chi connectivity index (χ3v) is 3.37. The molecule has 0 radical (unpaired) electrons. The SMILES string of the molecule is CC(C)CNCc1ccccc1N(C)CCCN(C)C. The Hall–Kier alpha value is -1.06. The van der Waals surface area contributed by atoms with Crippen molar-refractivity contribution < 1.29 is 0 Å². The van der Waals surface area contributed by atoms with Gasteiger partial charge in [0.25, 0.3) is 0 Å². The molecule has 114 valence electrons. The Labute approximate surface area is 125 Å². The molecule has 0 fully saturated rings. The summed E-state index contributed by atoms with van der Waals surface area (Å²) in [6, 6.07) is 8.71. The quantitative estimate of drug-likeness (QED) is 0.749. The van der Waals surface area contributed by atoms with Crippen LogP contribution in [0.4, 0.5) is 5.69 Å². The number of hydrogen-bond donors (Lipinski definition) is 1. The Balaban J connectivity index is 2.54. The fourth-order valence-corrected chi connectivity index (χ4v) is 2.27. The topological polar surface area (TPSA) is 18.5 Å². The zero-order valence-corrected chi connectivity index (χ0v) is 13.8. The minimum atomic E-state index is 0.694. The molecule has 1 N–H and O–H groups in total. The van der Waals surface area contributed by atoms with Crippen LogP contribution in [-0.2, 0) is 6.54 Å². The normalized spacial score (nSPS) is 11.3. The average molecular weight is 277 g/mol. The van der Waals surface area contributed by atoms with Gasteiger partial charge in [-0.2, -0.15) is 0 Å². The number of rotatable bonds is 9. The largest absolute Gasteiger partial charge is 0.374 e. The van der Waals surface area contributed by atoms with Gasteiger partial charge in [0.1, 0.15) is 0 Å². The number of anilines is 1. The van der Waals surface area contributed by atoms with E-state index < -0.39 is 0 Å². The lowest BCUT2D eigenvalue weighted by molar-refractivity contribution is 0.401. The Bertz CT molecular complexity index is 374. The first kappa shape index (κ1) is 17.0. The van der Waals surface area contributed by atoms with Crippen molar-refractivity contribution in [2.24, 2.45) is 5.92 Å². The highest BCUT2D eigenvalue weighted by atomic mass is 15.1. The predicted octanol–water partition coefficient (Wildman–Crippen LogP) is 2.82. The van der Waals surface area contributed by atoms with Crippen molar-refractivity contribution >= 4 is 5.69 Å². The molecule has 1 aromatic carbocycles. The van der Waals surface area contributed by atoms with Crippen molar-refractivity contribution in [3.05, 3.63) is 29.8 Å². The van der Waals surface area contributed by atoms with Crippen molar-refractivity contribution in [2.75, 3.05) is 45.7 Å². The van der Waals surface area contributed by atoms with Gasteiger partial charge in [0.15, 0.2) is 0 Å². The summed E-state index contributed by atoms with van der Waals surface area (Å²) >= 11 is 0. The predicted molar refractivity (Wildman–Crippen MR) is 89.4 cm³/mol. The molecule has 0 saturated heterocycles. The first-order chi connectivity index (χ1) is 9.50. The summed E-state index contributed by atoms with van der Waals surface area (Å²) in [4.78, 5) is 4.61. The van der Waals surface area contributed by atoms with E-state index in [9.17, 15) is 0 Å². The maximum Gasteiger partial charge on any atom is 0.0409 e. The van der Waals surface area contributed by atoms with E-state index in [0.717, 1.165) is 26.2 Å². The van der Waals surface area contributed by atoms with Gasteiger partial charge in [-0.3, -0.25) is 0 Å². The molecular formula is C17H31N3. The first-order valence-electron chi connectivity index (χ1n) is 7.65. The van der Waals surface area contributed by atoms with Gasteiger partial charge in [-0.25, -0.2) is 0 Å². The fraction of sp³-hybridized carbons (Fsp3) is 0.647. The molecule has 0 atom stereocenters. The molecular weight excluding hydrogens is 246 g/mol. The number of para-hydroxylation sites is 1. The van der Waals surface area contributed by atoms with Crippen LogP contribution in [0.2, 0.25) is 0 Å². The second kappa shape index (κ2) is 8.98. The molecule has 0 unspecified atom stereocenters. The van der Waals surface area contributed by atoms with Gasteiger partial charge in [-0.15, -0.1) is 0 Å². The van der Waals surface area contributed by atoms with Crippen LogP contribution in [0.15, 0.2) is 24.3 Å². The number of hydrogen-bond acceptors (Lipinski definition) is 3. The van der Waals surface area contributed by atoms with Crippen LogP contribution >= 0.6 is 0 Å². The van der Waals surface area contributed by atoms with E-state index in [2.05, 4.69) is 74.4 Å². The van der Waals surface area contributed by atoms with E-state index in [1.165, 1.54) is 17.7 Å². The highest BCUT2D eigenvalue weighted by molar-refractivity contribution is 5.52. The highest BCUT2D eigenvalue weighted by Gasteiger charge is 2.07. The van der Waals surface area contributed by atoms with E-state index in [0.29, 0.717) is 5.92 Å². The summed E-state index contributed by atoms with van der Waals surface area (Å²) in [5.74, 6) is 0.694. The van der Waals surface area contributed by atoms with Gasteiger partial charge in [0.2, 0.25) is 0 Å². The van der Waals surface area contributed by atoms with Crippen LogP contribution in [0.5, 0.6) is 0 Å². The van der Waals surface area contributed by atoms with Crippen molar-refractivity contribution in [2.45, 2.75) is 26.8 Å². The first-order valence-corrected chi connectivity index (χ1v) is 7.65.